The quantitative estimate of drug-likeness (QED) is 0.513. The molecule has 0 aliphatic heterocycles. The highest BCUT2D eigenvalue weighted by molar-refractivity contribution is 9.10. The second-order valence-electron chi connectivity index (χ2n) is 3.94. The van der Waals surface area contributed by atoms with Gasteiger partial charge in [0.2, 0.25) is 0 Å². The SMILES string of the molecule is Clc1cc(C(Br)Cc2ccccc2Cl)ccc1Br. The average Bonchev–Trinajstić information content (AvgIpc) is 2.35. The Hall–Kier alpha value is -0.0200. The van der Waals surface area contributed by atoms with E-state index >= 15 is 0 Å². The van der Waals surface area contributed by atoms with E-state index in [1.54, 1.807) is 0 Å². The largest absolute Gasteiger partial charge is 0.0840 e. The molecule has 18 heavy (non-hydrogen) atoms. The van der Waals surface area contributed by atoms with Crippen LogP contribution in [-0.4, -0.2) is 0 Å². The van der Waals surface area contributed by atoms with Gasteiger partial charge in [-0.05, 0) is 51.7 Å². The minimum absolute atomic E-state index is 0.197. The third-order valence-electron chi connectivity index (χ3n) is 2.66. The minimum atomic E-state index is 0.197. The van der Waals surface area contributed by atoms with Crippen LogP contribution in [0.4, 0.5) is 0 Å². The van der Waals surface area contributed by atoms with E-state index in [9.17, 15) is 0 Å². The lowest BCUT2D eigenvalue weighted by Gasteiger charge is -2.12. The molecular formula is C14H10Br2Cl2. The van der Waals surface area contributed by atoms with E-state index in [2.05, 4.69) is 31.9 Å². The molecule has 0 aliphatic rings. The summed E-state index contributed by atoms with van der Waals surface area (Å²) in [6.45, 7) is 0. The normalized spacial score (nSPS) is 12.4. The molecule has 0 N–H and O–H groups in total. The van der Waals surface area contributed by atoms with E-state index in [1.165, 1.54) is 0 Å². The van der Waals surface area contributed by atoms with Gasteiger partial charge in [0.15, 0.2) is 0 Å². The maximum Gasteiger partial charge on any atom is 0.0551 e. The molecule has 2 aromatic carbocycles. The number of rotatable bonds is 3. The van der Waals surface area contributed by atoms with Crippen LogP contribution in [0.25, 0.3) is 0 Å². The predicted octanol–water partition coefficient (Wildman–Crippen LogP) is 6.43. The second-order valence-corrected chi connectivity index (χ2v) is 6.71. The van der Waals surface area contributed by atoms with Crippen LogP contribution >= 0.6 is 55.1 Å². The minimum Gasteiger partial charge on any atom is -0.0840 e. The summed E-state index contributed by atoms with van der Waals surface area (Å²) in [4.78, 5) is 0.197. The van der Waals surface area contributed by atoms with E-state index in [4.69, 9.17) is 23.2 Å². The molecule has 1 atom stereocenters. The Balaban J connectivity index is 2.19. The van der Waals surface area contributed by atoms with Crippen molar-refractivity contribution in [3.63, 3.8) is 0 Å². The molecule has 2 rings (SSSR count). The summed E-state index contributed by atoms with van der Waals surface area (Å²) in [5, 5.41) is 1.52. The van der Waals surface area contributed by atoms with Crippen molar-refractivity contribution in [2.75, 3.05) is 0 Å². The Labute approximate surface area is 134 Å². The second kappa shape index (κ2) is 6.42. The maximum absolute atomic E-state index is 6.16. The molecule has 0 radical (unpaired) electrons. The maximum atomic E-state index is 6.16. The van der Waals surface area contributed by atoms with Gasteiger partial charge in [0.05, 0.1) is 5.02 Å². The van der Waals surface area contributed by atoms with Crippen LogP contribution < -0.4 is 0 Å². The zero-order valence-electron chi connectivity index (χ0n) is 9.34. The van der Waals surface area contributed by atoms with Gasteiger partial charge in [-0.1, -0.05) is 63.4 Å². The van der Waals surface area contributed by atoms with Crippen molar-refractivity contribution in [2.24, 2.45) is 0 Å². The van der Waals surface area contributed by atoms with Crippen molar-refractivity contribution in [3.05, 3.63) is 68.1 Å². The molecule has 0 nitrogen and oxygen atoms in total. The van der Waals surface area contributed by atoms with Crippen molar-refractivity contribution in [2.45, 2.75) is 11.2 Å². The van der Waals surface area contributed by atoms with Gasteiger partial charge in [-0.15, -0.1) is 0 Å². The highest BCUT2D eigenvalue weighted by Gasteiger charge is 2.11. The Morgan fingerprint density at radius 3 is 2.39 bits per heavy atom. The molecule has 0 spiro atoms. The zero-order chi connectivity index (χ0) is 13.1. The highest BCUT2D eigenvalue weighted by Crippen LogP contribution is 2.33. The van der Waals surface area contributed by atoms with Crippen LogP contribution in [-0.2, 0) is 6.42 Å². The molecule has 1 unspecified atom stereocenters. The Bertz CT molecular complexity index is 555. The van der Waals surface area contributed by atoms with Gasteiger partial charge in [-0.25, -0.2) is 0 Å². The lowest BCUT2D eigenvalue weighted by Crippen LogP contribution is -1.96. The molecule has 4 heteroatoms. The number of alkyl halides is 1. The van der Waals surface area contributed by atoms with Crippen LogP contribution in [0.15, 0.2) is 46.9 Å². The Kier molecular flexibility index (Phi) is 5.14. The first-order valence-electron chi connectivity index (χ1n) is 5.40. The molecule has 0 fully saturated rings. The lowest BCUT2D eigenvalue weighted by molar-refractivity contribution is 0.949. The predicted molar refractivity (Wildman–Crippen MR) is 86.0 cm³/mol. The summed E-state index contributed by atoms with van der Waals surface area (Å²) in [5.74, 6) is 0. The van der Waals surface area contributed by atoms with Gasteiger partial charge in [-0.3, -0.25) is 0 Å². The molecule has 0 saturated carbocycles. The first-order valence-corrected chi connectivity index (χ1v) is 7.87. The van der Waals surface area contributed by atoms with E-state index < -0.39 is 0 Å². The topological polar surface area (TPSA) is 0 Å². The Morgan fingerprint density at radius 2 is 1.72 bits per heavy atom. The Morgan fingerprint density at radius 1 is 1.00 bits per heavy atom. The molecule has 0 aromatic heterocycles. The molecule has 0 bridgehead atoms. The standard InChI is InChI=1S/C14H10Br2Cl2/c15-11-6-5-9(8-14(11)18)12(16)7-10-3-1-2-4-13(10)17/h1-6,8,12H,7H2. The summed E-state index contributed by atoms with van der Waals surface area (Å²) in [6.07, 6.45) is 0.831. The number of hydrogen-bond donors (Lipinski definition) is 0. The lowest BCUT2D eigenvalue weighted by atomic mass is 10.0. The van der Waals surface area contributed by atoms with Gasteiger partial charge in [0.1, 0.15) is 0 Å². The van der Waals surface area contributed by atoms with E-state index in [0.717, 1.165) is 32.1 Å². The smallest absolute Gasteiger partial charge is 0.0551 e. The molecule has 0 saturated heterocycles. The highest BCUT2D eigenvalue weighted by atomic mass is 79.9. The van der Waals surface area contributed by atoms with Crippen LogP contribution in [0, 0.1) is 0 Å². The van der Waals surface area contributed by atoms with Crippen molar-refractivity contribution in [3.8, 4) is 0 Å². The summed E-state index contributed by atoms with van der Waals surface area (Å²) in [5.41, 5.74) is 2.27. The summed E-state index contributed by atoms with van der Waals surface area (Å²) < 4.78 is 0.908. The number of halogens is 4. The van der Waals surface area contributed by atoms with Crippen LogP contribution in [0.3, 0.4) is 0 Å². The fraction of sp³-hybridized carbons (Fsp3) is 0.143. The molecule has 2 aromatic rings. The van der Waals surface area contributed by atoms with Crippen LogP contribution in [0.1, 0.15) is 16.0 Å². The van der Waals surface area contributed by atoms with Crippen molar-refractivity contribution >= 4 is 55.1 Å². The molecule has 0 amide bonds. The first kappa shape index (κ1) is 14.4. The summed E-state index contributed by atoms with van der Waals surface area (Å²) >= 11 is 19.3. The average molecular weight is 409 g/mol. The van der Waals surface area contributed by atoms with Gasteiger partial charge >= 0.3 is 0 Å². The van der Waals surface area contributed by atoms with Gasteiger partial charge < -0.3 is 0 Å². The van der Waals surface area contributed by atoms with Crippen molar-refractivity contribution in [1.29, 1.82) is 0 Å². The van der Waals surface area contributed by atoms with E-state index in [-0.39, 0.29) is 4.83 Å². The molecule has 94 valence electrons. The zero-order valence-corrected chi connectivity index (χ0v) is 14.0. The first-order chi connectivity index (χ1) is 8.58. The monoisotopic (exact) mass is 406 g/mol. The number of benzene rings is 2. The fourth-order valence-electron chi connectivity index (χ4n) is 1.68. The van der Waals surface area contributed by atoms with Gasteiger partial charge in [-0.2, -0.15) is 0 Å². The van der Waals surface area contributed by atoms with E-state index in [1.807, 2.05) is 42.5 Å². The molecule has 0 aliphatic carbocycles. The fourth-order valence-corrected chi connectivity index (χ4v) is 2.96. The van der Waals surface area contributed by atoms with Crippen LogP contribution in [0.5, 0.6) is 0 Å². The van der Waals surface area contributed by atoms with Crippen molar-refractivity contribution < 1.29 is 0 Å². The van der Waals surface area contributed by atoms with Gasteiger partial charge in [0, 0.05) is 14.3 Å². The third kappa shape index (κ3) is 3.51. The van der Waals surface area contributed by atoms with Crippen molar-refractivity contribution in [1.82, 2.24) is 0 Å². The third-order valence-corrected chi connectivity index (χ3v) is 5.12. The van der Waals surface area contributed by atoms with Crippen LogP contribution in [0.2, 0.25) is 10.0 Å². The summed E-state index contributed by atoms with van der Waals surface area (Å²) in [7, 11) is 0. The number of hydrogen-bond acceptors (Lipinski definition) is 0. The van der Waals surface area contributed by atoms with Gasteiger partial charge in [0.25, 0.3) is 0 Å². The molecule has 0 heterocycles. The summed E-state index contributed by atoms with van der Waals surface area (Å²) in [6, 6.07) is 13.8. The van der Waals surface area contributed by atoms with E-state index in [0.29, 0.717) is 0 Å². The molecular weight excluding hydrogens is 399 g/mol.